The minimum Gasteiger partial charge on any atom is -0.465 e. The van der Waals surface area contributed by atoms with Gasteiger partial charge in [0.05, 0.1) is 31.8 Å². The van der Waals surface area contributed by atoms with Gasteiger partial charge in [0, 0.05) is 24.3 Å². The maximum Gasteiger partial charge on any atom is 0.337 e. The molecule has 0 aromatic heterocycles. The lowest BCUT2D eigenvalue weighted by Crippen LogP contribution is -2.58. The zero-order valence-electron chi connectivity index (χ0n) is 18.1. The summed E-state index contributed by atoms with van der Waals surface area (Å²) in [6, 6.07) is 11.4. The zero-order valence-corrected chi connectivity index (χ0v) is 18.1. The van der Waals surface area contributed by atoms with Crippen LogP contribution in [0.5, 0.6) is 0 Å². The van der Waals surface area contributed by atoms with Crippen LogP contribution in [-0.2, 0) is 19.1 Å². The zero-order chi connectivity index (χ0) is 24.0. The lowest BCUT2D eigenvalue weighted by atomic mass is 10.1. The van der Waals surface area contributed by atoms with Gasteiger partial charge in [0.2, 0.25) is 11.8 Å². The van der Waals surface area contributed by atoms with E-state index in [0.29, 0.717) is 5.56 Å². The normalized spacial score (nSPS) is 15.3. The number of anilines is 1. The van der Waals surface area contributed by atoms with Gasteiger partial charge in [-0.15, -0.1) is 0 Å². The van der Waals surface area contributed by atoms with Gasteiger partial charge < -0.3 is 25.0 Å². The van der Waals surface area contributed by atoms with Gasteiger partial charge in [0.1, 0.15) is 6.04 Å². The second-order valence-corrected chi connectivity index (χ2v) is 7.21. The van der Waals surface area contributed by atoms with Crippen LogP contribution >= 0.6 is 0 Å². The Morgan fingerprint density at radius 1 is 0.970 bits per heavy atom. The first-order chi connectivity index (χ1) is 15.8. The Hall–Kier alpha value is -4.21. The molecule has 0 radical (unpaired) electrons. The third-order valence-electron chi connectivity index (χ3n) is 5.05. The predicted molar refractivity (Wildman–Crippen MR) is 117 cm³/mol. The first-order valence-electron chi connectivity index (χ1n) is 10.1. The molecular formula is C23H23N3O7. The molecule has 2 aromatic carbocycles. The van der Waals surface area contributed by atoms with E-state index < -0.39 is 29.8 Å². The Morgan fingerprint density at radius 2 is 1.58 bits per heavy atom. The van der Waals surface area contributed by atoms with Crippen LogP contribution in [-0.4, -0.2) is 67.9 Å². The summed E-state index contributed by atoms with van der Waals surface area (Å²) >= 11 is 0. The van der Waals surface area contributed by atoms with Crippen LogP contribution in [0, 0.1) is 0 Å². The molecule has 0 aliphatic carbocycles. The molecule has 1 atom stereocenters. The molecule has 1 saturated heterocycles. The van der Waals surface area contributed by atoms with Gasteiger partial charge in [-0.05, 0) is 30.3 Å². The summed E-state index contributed by atoms with van der Waals surface area (Å²) in [5, 5.41) is 5.24. The fourth-order valence-corrected chi connectivity index (χ4v) is 3.47. The standard InChI is InChI=1S/C23H23N3O7/c1-32-22(30)15-10-16(23(31)33-2)12-17(11-15)25-19(27)13-18-20(28)24-8-9-26(18)21(29)14-6-4-3-5-7-14/h3-7,10-12,18H,8-9,13H2,1-2H3,(H,24,28)(H,25,27)/t18-/m1/s1. The van der Waals surface area contributed by atoms with Crippen molar-refractivity contribution in [1.29, 1.82) is 0 Å². The molecule has 10 nitrogen and oxygen atoms in total. The highest BCUT2D eigenvalue weighted by Gasteiger charge is 2.35. The second-order valence-electron chi connectivity index (χ2n) is 7.21. The molecule has 0 unspecified atom stereocenters. The molecule has 33 heavy (non-hydrogen) atoms. The highest BCUT2D eigenvalue weighted by atomic mass is 16.5. The Balaban J connectivity index is 1.80. The van der Waals surface area contributed by atoms with Crippen LogP contribution in [0.4, 0.5) is 5.69 Å². The van der Waals surface area contributed by atoms with Gasteiger partial charge in [0.25, 0.3) is 5.91 Å². The van der Waals surface area contributed by atoms with Crippen LogP contribution in [0.2, 0.25) is 0 Å². The molecule has 1 aliphatic rings. The van der Waals surface area contributed by atoms with Gasteiger partial charge in [-0.2, -0.15) is 0 Å². The smallest absolute Gasteiger partial charge is 0.337 e. The van der Waals surface area contributed by atoms with Crippen molar-refractivity contribution in [2.24, 2.45) is 0 Å². The molecule has 1 aliphatic heterocycles. The number of rotatable bonds is 6. The topological polar surface area (TPSA) is 131 Å². The Labute approximate surface area is 189 Å². The average Bonchev–Trinajstić information content (AvgIpc) is 2.84. The fourth-order valence-electron chi connectivity index (χ4n) is 3.47. The van der Waals surface area contributed by atoms with Gasteiger partial charge in [-0.1, -0.05) is 18.2 Å². The van der Waals surface area contributed by atoms with Crippen molar-refractivity contribution in [3.8, 4) is 0 Å². The number of hydrogen-bond acceptors (Lipinski definition) is 7. The largest absolute Gasteiger partial charge is 0.465 e. The summed E-state index contributed by atoms with van der Waals surface area (Å²) in [5.41, 5.74) is 0.616. The van der Waals surface area contributed by atoms with E-state index in [0.717, 1.165) is 0 Å². The fraction of sp³-hybridized carbons (Fsp3) is 0.261. The first-order valence-corrected chi connectivity index (χ1v) is 10.1. The van der Waals surface area contributed by atoms with Gasteiger partial charge >= 0.3 is 11.9 Å². The van der Waals surface area contributed by atoms with Crippen LogP contribution in [0.3, 0.4) is 0 Å². The van der Waals surface area contributed by atoms with Crippen LogP contribution in [0.15, 0.2) is 48.5 Å². The third-order valence-corrected chi connectivity index (χ3v) is 5.05. The van der Waals surface area contributed by atoms with Crippen molar-refractivity contribution < 1.29 is 33.4 Å². The number of amides is 3. The minimum atomic E-state index is -1.02. The molecule has 3 amide bonds. The summed E-state index contributed by atoms with van der Waals surface area (Å²) in [7, 11) is 2.37. The van der Waals surface area contributed by atoms with Crippen molar-refractivity contribution in [3.05, 3.63) is 65.2 Å². The van der Waals surface area contributed by atoms with E-state index in [-0.39, 0.29) is 42.2 Å². The molecule has 0 bridgehead atoms. The number of hydrogen-bond donors (Lipinski definition) is 2. The Kier molecular flexibility index (Phi) is 7.39. The summed E-state index contributed by atoms with van der Waals surface area (Å²) < 4.78 is 9.36. The minimum absolute atomic E-state index is 0.0343. The Morgan fingerprint density at radius 3 is 2.15 bits per heavy atom. The monoisotopic (exact) mass is 453 g/mol. The number of nitrogens with one attached hydrogen (secondary N) is 2. The van der Waals surface area contributed by atoms with Crippen molar-refractivity contribution in [2.75, 3.05) is 32.6 Å². The summed E-state index contributed by atoms with van der Waals surface area (Å²) in [6.07, 6.45) is -0.319. The summed E-state index contributed by atoms with van der Waals surface area (Å²) in [4.78, 5) is 63.4. The molecule has 1 fully saturated rings. The van der Waals surface area contributed by atoms with E-state index in [2.05, 4.69) is 20.1 Å². The molecule has 1 heterocycles. The first kappa shape index (κ1) is 23.5. The van der Waals surface area contributed by atoms with Crippen LogP contribution in [0.1, 0.15) is 37.5 Å². The SMILES string of the molecule is COC(=O)c1cc(NC(=O)C[C@@H]2C(=O)NCCN2C(=O)c2ccccc2)cc(C(=O)OC)c1. The summed E-state index contributed by atoms with van der Waals surface area (Å²) in [5.74, 6) is -2.80. The molecule has 10 heteroatoms. The van der Waals surface area contributed by atoms with E-state index in [9.17, 15) is 24.0 Å². The number of piperazine rings is 1. The molecule has 0 saturated carbocycles. The van der Waals surface area contributed by atoms with Crippen LogP contribution in [0.25, 0.3) is 0 Å². The lowest BCUT2D eigenvalue weighted by Gasteiger charge is -2.34. The molecule has 2 aromatic rings. The number of carbonyl (C=O) groups is 5. The van der Waals surface area contributed by atoms with Crippen molar-refractivity contribution >= 4 is 35.3 Å². The number of ether oxygens (including phenoxy) is 2. The highest BCUT2D eigenvalue weighted by Crippen LogP contribution is 2.19. The number of carbonyl (C=O) groups excluding carboxylic acids is 5. The van der Waals surface area contributed by atoms with Gasteiger partial charge in [-0.25, -0.2) is 9.59 Å². The van der Waals surface area contributed by atoms with E-state index in [4.69, 9.17) is 0 Å². The molecule has 172 valence electrons. The van der Waals surface area contributed by atoms with E-state index >= 15 is 0 Å². The van der Waals surface area contributed by atoms with Crippen LogP contribution < -0.4 is 10.6 Å². The molecular weight excluding hydrogens is 430 g/mol. The third kappa shape index (κ3) is 5.53. The quantitative estimate of drug-likeness (QED) is 0.629. The molecule has 0 spiro atoms. The summed E-state index contributed by atoms with van der Waals surface area (Å²) in [6.45, 7) is 0.529. The maximum absolute atomic E-state index is 12.9. The predicted octanol–water partition coefficient (Wildman–Crippen LogP) is 1.23. The van der Waals surface area contributed by atoms with E-state index in [1.807, 2.05) is 0 Å². The molecule has 3 rings (SSSR count). The number of nitrogens with zero attached hydrogens (tertiary/aromatic N) is 1. The van der Waals surface area contributed by atoms with Gasteiger partial charge in [-0.3, -0.25) is 14.4 Å². The second kappa shape index (κ2) is 10.4. The van der Waals surface area contributed by atoms with Crippen molar-refractivity contribution in [3.63, 3.8) is 0 Å². The van der Waals surface area contributed by atoms with E-state index in [1.165, 1.54) is 37.3 Å². The lowest BCUT2D eigenvalue weighted by molar-refractivity contribution is -0.131. The number of methoxy groups -OCH3 is 2. The average molecular weight is 453 g/mol. The van der Waals surface area contributed by atoms with Crippen molar-refractivity contribution in [2.45, 2.75) is 12.5 Å². The van der Waals surface area contributed by atoms with Crippen molar-refractivity contribution in [1.82, 2.24) is 10.2 Å². The Bertz CT molecular complexity index is 1050. The number of esters is 2. The maximum atomic E-state index is 12.9. The molecule has 2 N–H and O–H groups in total. The number of benzene rings is 2. The highest BCUT2D eigenvalue weighted by molar-refractivity contribution is 6.02. The van der Waals surface area contributed by atoms with Gasteiger partial charge in [0.15, 0.2) is 0 Å². The van der Waals surface area contributed by atoms with E-state index in [1.54, 1.807) is 30.3 Å².